The molecule has 130 valence electrons. The Labute approximate surface area is 140 Å². The first-order valence-electron chi connectivity index (χ1n) is 8.09. The monoisotopic (exact) mass is 334 g/mol. The van der Waals surface area contributed by atoms with E-state index in [-0.39, 0.29) is 11.7 Å². The van der Waals surface area contributed by atoms with Crippen LogP contribution in [0.15, 0.2) is 12.1 Å². The molecule has 0 atom stereocenters. The molecule has 3 heterocycles. The molecule has 9 nitrogen and oxygen atoms in total. The van der Waals surface area contributed by atoms with E-state index < -0.39 is 5.97 Å². The number of carboxylic acid groups (broad SMARTS) is 1. The molecular weight excluding hydrogens is 312 g/mol. The van der Waals surface area contributed by atoms with Gasteiger partial charge in [-0.05, 0) is 19.2 Å². The van der Waals surface area contributed by atoms with Crippen molar-refractivity contribution in [3.05, 3.63) is 17.8 Å². The van der Waals surface area contributed by atoms with E-state index in [9.17, 15) is 9.59 Å². The lowest BCUT2D eigenvalue weighted by atomic mass is 10.3. The van der Waals surface area contributed by atoms with E-state index >= 15 is 0 Å². The average molecular weight is 334 g/mol. The molecule has 9 heteroatoms. The Hall–Kier alpha value is -2.42. The van der Waals surface area contributed by atoms with E-state index in [0.29, 0.717) is 32.0 Å². The first kappa shape index (κ1) is 16.4. The number of rotatable bonds is 2. The number of piperazine rings is 2. The third kappa shape index (κ3) is 3.56. The molecule has 0 spiro atoms. The summed E-state index contributed by atoms with van der Waals surface area (Å²) in [7, 11) is 2.07. The predicted molar refractivity (Wildman–Crippen MR) is 87.2 cm³/mol. The zero-order valence-electron chi connectivity index (χ0n) is 13.8. The lowest BCUT2D eigenvalue weighted by Crippen LogP contribution is -2.56. The molecule has 24 heavy (non-hydrogen) atoms. The number of amides is 2. The highest BCUT2D eigenvalue weighted by Gasteiger charge is 2.27. The second-order valence-electron chi connectivity index (χ2n) is 6.13. The molecule has 1 aromatic heterocycles. The number of carbonyl (C=O) groups excluding carboxylic acids is 1. The number of urea groups is 1. The van der Waals surface area contributed by atoms with Crippen molar-refractivity contribution in [1.82, 2.24) is 24.9 Å². The van der Waals surface area contributed by atoms with Crippen molar-refractivity contribution >= 4 is 17.8 Å². The van der Waals surface area contributed by atoms with Gasteiger partial charge in [0.1, 0.15) is 0 Å². The maximum atomic E-state index is 12.5. The van der Waals surface area contributed by atoms with Crippen LogP contribution in [0.1, 0.15) is 10.5 Å². The van der Waals surface area contributed by atoms with Crippen molar-refractivity contribution in [2.24, 2.45) is 0 Å². The van der Waals surface area contributed by atoms with Gasteiger partial charge in [-0.2, -0.15) is 0 Å². The molecule has 0 bridgehead atoms. The number of anilines is 1. The summed E-state index contributed by atoms with van der Waals surface area (Å²) in [6.45, 7) is 5.98. The number of aromatic carboxylic acids is 1. The minimum atomic E-state index is -1.09. The Morgan fingerprint density at radius 2 is 1.50 bits per heavy atom. The van der Waals surface area contributed by atoms with Crippen molar-refractivity contribution in [2.45, 2.75) is 0 Å². The van der Waals surface area contributed by atoms with Crippen molar-refractivity contribution in [3.8, 4) is 0 Å². The van der Waals surface area contributed by atoms with Crippen LogP contribution in [0.4, 0.5) is 10.6 Å². The zero-order chi connectivity index (χ0) is 17.1. The fraction of sp³-hybridized carbons (Fsp3) is 0.600. The smallest absolute Gasteiger partial charge is 0.356 e. The summed E-state index contributed by atoms with van der Waals surface area (Å²) < 4.78 is 0. The Balaban J connectivity index is 1.53. The van der Waals surface area contributed by atoms with Gasteiger partial charge in [-0.25, -0.2) is 9.59 Å². The molecule has 0 aromatic carbocycles. The maximum absolute atomic E-state index is 12.5. The number of hydrogen-bond donors (Lipinski definition) is 1. The van der Waals surface area contributed by atoms with Crippen LogP contribution >= 0.6 is 0 Å². The highest BCUT2D eigenvalue weighted by Crippen LogP contribution is 2.14. The SMILES string of the molecule is CN1CCN(C(=O)N2CCN(c3ccc(C(=O)O)nn3)CC2)CC1. The molecule has 2 saturated heterocycles. The fourth-order valence-electron chi connectivity index (χ4n) is 2.93. The van der Waals surface area contributed by atoms with Crippen LogP contribution in [0.25, 0.3) is 0 Å². The molecule has 2 aliphatic heterocycles. The number of aromatic nitrogens is 2. The van der Waals surface area contributed by atoms with Crippen molar-refractivity contribution in [3.63, 3.8) is 0 Å². The predicted octanol–water partition coefficient (Wildman–Crippen LogP) is -0.336. The Morgan fingerprint density at radius 3 is 2.00 bits per heavy atom. The van der Waals surface area contributed by atoms with E-state index in [2.05, 4.69) is 22.1 Å². The van der Waals surface area contributed by atoms with E-state index in [1.165, 1.54) is 6.07 Å². The van der Waals surface area contributed by atoms with Gasteiger partial charge in [0.2, 0.25) is 0 Å². The highest BCUT2D eigenvalue weighted by molar-refractivity contribution is 5.85. The van der Waals surface area contributed by atoms with Gasteiger partial charge < -0.3 is 24.7 Å². The molecule has 1 aromatic rings. The van der Waals surface area contributed by atoms with Crippen LogP contribution < -0.4 is 4.90 Å². The van der Waals surface area contributed by atoms with Gasteiger partial charge in [0.05, 0.1) is 0 Å². The summed E-state index contributed by atoms with van der Waals surface area (Å²) in [5, 5.41) is 16.5. The second kappa shape index (κ2) is 7.00. The number of carbonyl (C=O) groups is 2. The Bertz CT molecular complexity index is 592. The normalized spacial score (nSPS) is 19.5. The molecule has 1 N–H and O–H groups in total. The quantitative estimate of drug-likeness (QED) is 0.791. The summed E-state index contributed by atoms with van der Waals surface area (Å²) >= 11 is 0. The molecule has 2 fully saturated rings. The van der Waals surface area contributed by atoms with Crippen molar-refractivity contribution < 1.29 is 14.7 Å². The largest absolute Gasteiger partial charge is 0.476 e. The van der Waals surface area contributed by atoms with Crippen molar-refractivity contribution in [1.29, 1.82) is 0 Å². The van der Waals surface area contributed by atoms with E-state index in [0.717, 1.165) is 26.2 Å². The number of carboxylic acids is 1. The molecule has 0 unspecified atom stereocenters. The summed E-state index contributed by atoms with van der Waals surface area (Å²) in [5.74, 6) is -0.441. The average Bonchev–Trinajstić information content (AvgIpc) is 2.62. The molecular formula is C15H22N6O3. The minimum Gasteiger partial charge on any atom is -0.476 e. The van der Waals surface area contributed by atoms with Crippen LogP contribution in [0.5, 0.6) is 0 Å². The molecule has 0 radical (unpaired) electrons. The molecule has 2 aliphatic rings. The first-order chi connectivity index (χ1) is 11.5. The number of nitrogens with zero attached hydrogens (tertiary/aromatic N) is 6. The van der Waals surface area contributed by atoms with Gasteiger partial charge in [-0.3, -0.25) is 0 Å². The third-order valence-corrected chi connectivity index (χ3v) is 4.52. The van der Waals surface area contributed by atoms with E-state index in [1.54, 1.807) is 6.07 Å². The van der Waals surface area contributed by atoms with Gasteiger partial charge in [0, 0.05) is 52.4 Å². The lowest BCUT2D eigenvalue weighted by molar-refractivity contribution is 0.0689. The molecule has 2 amide bonds. The van der Waals surface area contributed by atoms with E-state index in [4.69, 9.17) is 5.11 Å². The number of hydrogen-bond acceptors (Lipinski definition) is 6. The van der Waals surface area contributed by atoms with Crippen LogP contribution in [0, 0.1) is 0 Å². The van der Waals surface area contributed by atoms with Crippen LogP contribution in [-0.4, -0.2) is 101 Å². The van der Waals surface area contributed by atoms with Gasteiger partial charge in [0.25, 0.3) is 0 Å². The van der Waals surface area contributed by atoms with Gasteiger partial charge in [-0.1, -0.05) is 0 Å². The summed E-state index contributed by atoms with van der Waals surface area (Å²) in [5.41, 5.74) is -0.0670. The minimum absolute atomic E-state index is 0.0670. The molecule has 0 saturated carbocycles. The number of likely N-dealkylation sites (N-methyl/N-ethyl adjacent to an activating group) is 1. The van der Waals surface area contributed by atoms with E-state index in [1.807, 2.05) is 14.7 Å². The summed E-state index contributed by atoms with van der Waals surface area (Å²) in [6, 6.07) is 3.22. The fourth-order valence-corrected chi connectivity index (χ4v) is 2.93. The van der Waals surface area contributed by atoms with Gasteiger partial charge in [0.15, 0.2) is 11.5 Å². The second-order valence-corrected chi connectivity index (χ2v) is 6.13. The Morgan fingerprint density at radius 1 is 0.917 bits per heavy atom. The van der Waals surface area contributed by atoms with Gasteiger partial charge >= 0.3 is 12.0 Å². The Kier molecular flexibility index (Phi) is 4.79. The van der Waals surface area contributed by atoms with Crippen LogP contribution in [0.3, 0.4) is 0 Å². The summed E-state index contributed by atoms with van der Waals surface area (Å²) in [6.07, 6.45) is 0. The van der Waals surface area contributed by atoms with Gasteiger partial charge in [-0.15, -0.1) is 10.2 Å². The van der Waals surface area contributed by atoms with Crippen LogP contribution in [-0.2, 0) is 0 Å². The first-order valence-corrected chi connectivity index (χ1v) is 8.09. The topological polar surface area (TPSA) is 93.1 Å². The highest BCUT2D eigenvalue weighted by atomic mass is 16.4. The van der Waals surface area contributed by atoms with Crippen LogP contribution in [0.2, 0.25) is 0 Å². The standard InChI is InChI=1S/C15H22N6O3/c1-18-4-6-20(7-5-18)15(24)21-10-8-19(9-11-21)13-3-2-12(14(22)23)16-17-13/h2-3H,4-11H2,1H3,(H,22,23). The zero-order valence-corrected chi connectivity index (χ0v) is 13.8. The summed E-state index contributed by atoms with van der Waals surface area (Å²) in [4.78, 5) is 31.4. The van der Waals surface area contributed by atoms with Crippen molar-refractivity contribution in [2.75, 3.05) is 64.3 Å². The third-order valence-electron chi connectivity index (χ3n) is 4.52. The molecule has 3 rings (SSSR count). The lowest BCUT2D eigenvalue weighted by Gasteiger charge is -2.40. The maximum Gasteiger partial charge on any atom is 0.356 e. The molecule has 0 aliphatic carbocycles.